The average molecular weight is 272 g/mol. The molecule has 0 spiro atoms. The summed E-state index contributed by atoms with van der Waals surface area (Å²) in [5.74, 6) is 0. The van der Waals surface area contributed by atoms with E-state index in [0.29, 0.717) is 0 Å². The molecule has 0 atom stereocenters. The summed E-state index contributed by atoms with van der Waals surface area (Å²) in [5.41, 5.74) is 8.91. The lowest BCUT2D eigenvalue weighted by molar-refractivity contribution is 0.516. The number of hydrogen-bond donors (Lipinski definition) is 1. The number of aromatic nitrogens is 1. The van der Waals surface area contributed by atoms with Gasteiger partial charge in [-0.3, -0.25) is 4.98 Å². The van der Waals surface area contributed by atoms with E-state index in [0.717, 1.165) is 22.1 Å². The van der Waals surface area contributed by atoms with Gasteiger partial charge in [-0.1, -0.05) is 19.3 Å². The van der Waals surface area contributed by atoms with Gasteiger partial charge < -0.3 is 5.73 Å². The molecule has 3 heteroatoms. The summed E-state index contributed by atoms with van der Waals surface area (Å²) >= 11 is 2.02. The third-order valence-electron chi connectivity index (χ3n) is 3.77. The Kier molecular flexibility index (Phi) is 3.65. The van der Waals surface area contributed by atoms with Crippen LogP contribution in [0.2, 0.25) is 0 Å². The maximum atomic E-state index is 5.93. The van der Waals surface area contributed by atoms with Gasteiger partial charge in [-0.25, -0.2) is 0 Å². The Bertz CT molecular complexity index is 589. The number of benzene rings is 1. The fourth-order valence-corrected chi connectivity index (χ4v) is 4.26. The number of nitrogens with two attached hydrogens (primary N) is 1. The maximum absolute atomic E-state index is 5.93. The molecule has 1 heterocycles. The van der Waals surface area contributed by atoms with Gasteiger partial charge >= 0.3 is 0 Å². The second-order valence-electron chi connectivity index (χ2n) is 5.42. The second kappa shape index (κ2) is 5.41. The molecule has 19 heavy (non-hydrogen) atoms. The molecule has 1 aliphatic rings. The third-order valence-corrected chi connectivity index (χ3v) is 5.17. The first-order valence-electron chi connectivity index (χ1n) is 7.06. The monoisotopic (exact) mass is 272 g/mol. The molecule has 2 nitrogen and oxygen atoms in total. The van der Waals surface area contributed by atoms with E-state index in [1.54, 1.807) is 0 Å². The summed E-state index contributed by atoms with van der Waals surface area (Å²) in [6.07, 6.45) is 6.84. The SMILES string of the molecule is Cc1cc(SC2CCCCC2)c2cc(N)ccc2n1. The standard InChI is InChI=1S/C16H20N2S/c1-11-9-16(19-13-5-3-2-4-6-13)14-10-12(17)7-8-15(14)18-11/h7-10,13H,2-6,17H2,1H3. The van der Waals surface area contributed by atoms with Crippen molar-refractivity contribution < 1.29 is 0 Å². The van der Waals surface area contributed by atoms with Crippen LogP contribution in [-0.4, -0.2) is 10.2 Å². The molecular weight excluding hydrogens is 252 g/mol. The summed E-state index contributed by atoms with van der Waals surface area (Å²) in [5, 5.41) is 1.97. The van der Waals surface area contributed by atoms with Gasteiger partial charge in [0.15, 0.2) is 0 Å². The van der Waals surface area contributed by atoms with Crippen LogP contribution in [0.4, 0.5) is 5.69 Å². The molecule has 0 amide bonds. The van der Waals surface area contributed by atoms with E-state index in [1.165, 1.54) is 42.4 Å². The molecule has 0 unspecified atom stereocenters. The van der Waals surface area contributed by atoms with Gasteiger partial charge in [0.25, 0.3) is 0 Å². The minimum atomic E-state index is 0.764. The van der Waals surface area contributed by atoms with Gasteiger partial charge in [0, 0.05) is 26.9 Å². The van der Waals surface area contributed by atoms with Crippen molar-refractivity contribution in [1.82, 2.24) is 4.98 Å². The summed E-state index contributed by atoms with van der Waals surface area (Å²) in [6, 6.07) is 8.24. The number of rotatable bonds is 2. The summed E-state index contributed by atoms with van der Waals surface area (Å²) in [4.78, 5) is 5.95. The lowest BCUT2D eigenvalue weighted by Gasteiger charge is -2.21. The van der Waals surface area contributed by atoms with E-state index in [2.05, 4.69) is 24.0 Å². The van der Waals surface area contributed by atoms with Gasteiger partial charge in [0.2, 0.25) is 0 Å². The van der Waals surface area contributed by atoms with Crippen LogP contribution in [0.15, 0.2) is 29.2 Å². The zero-order valence-corrected chi connectivity index (χ0v) is 12.2. The first-order valence-corrected chi connectivity index (χ1v) is 7.94. The van der Waals surface area contributed by atoms with Gasteiger partial charge in [0.05, 0.1) is 5.52 Å². The van der Waals surface area contributed by atoms with Crippen LogP contribution < -0.4 is 5.73 Å². The highest BCUT2D eigenvalue weighted by atomic mass is 32.2. The van der Waals surface area contributed by atoms with Crippen LogP contribution in [0.5, 0.6) is 0 Å². The van der Waals surface area contributed by atoms with Crippen LogP contribution in [0, 0.1) is 6.92 Å². The molecule has 2 aromatic rings. The maximum Gasteiger partial charge on any atom is 0.0717 e. The predicted molar refractivity (Wildman–Crippen MR) is 83.6 cm³/mol. The van der Waals surface area contributed by atoms with E-state index in [4.69, 9.17) is 5.73 Å². The van der Waals surface area contributed by atoms with E-state index in [9.17, 15) is 0 Å². The number of nitrogen functional groups attached to an aromatic ring is 1. The molecule has 0 bridgehead atoms. The van der Waals surface area contributed by atoms with Crippen molar-refractivity contribution in [3.05, 3.63) is 30.0 Å². The topological polar surface area (TPSA) is 38.9 Å². The minimum Gasteiger partial charge on any atom is -0.399 e. The molecule has 3 rings (SSSR count). The number of thioether (sulfide) groups is 1. The van der Waals surface area contributed by atoms with Crippen molar-refractivity contribution in [2.75, 3.05) is 5.73 Å². The summed E-state index contributed by atoms with van der Waals surface area (Å²) < 4.78 is 0. The number of pyridine rings is 1. The molecule has 0 aliphatic heterocycles. The quantitative estimate of drug-likeness (QED) is 0.815. The lowest BCUT2D eigenvalue weighted by atomic mass is 10.0. The summed E-state index contributed by atoms with van der Waals surface area (Å²) in [6.45, 7) is 2.07. The highest BCUT2D eigenvalue weighted by Gasteiger charge is 2.16. The highest BCUT2D eigenvalue weighted by molar-refractivity contribution is 8.00. The van der Waals surface area contributed by atoms with Crippen LogP contribution in [-0.2, 0) is 0 Å². The first-order chi connectivity index (χ1) is 9.22. The van der Waals surface area contributed by atoms with Gasteiger partial charge in [0.1, 0.15) is 0 Å². The molecule has 0 radical (unpaired) electrons. The third kappa shape index (κ3) is 2.86. The molecule has 1 aromatic carbocycles. The Morgan fingerprint density at radius 3 is 2.74 bits per heavy atom. The number of nitrogens with zero attached hydrogens (tertiary/aromatic N) is 1. The lowest BCUT2D eigenvalue weighted by Crippen LogP contribution is -2.07. The molecule has 2 N–H and O–H groups in total. The van der Waals surface area contributed by atoms with Crippen LogP contribution in [0.1, 0.15) is 37.8 Å². The van der Waals surface area contributed by atoms with Crippen molar-refractivity contribution in [2.45, 2.75) is 49.2 Å². The van der Waals surface area contributed by atoms with Crippen molar-refractivity contribution in [3.8, 4) is 0 Å². The Morgan fingerprint density at radius 1 is 1.16 bits per heavy atom. The molecule has 0 saturated heterocycles. The van der Waals surface area contributed by atoms with Crippen LogP contribution >= 0.6 is 11.8 Å². The largest absolute Gasteiger partial charge is 0.399 e. The average Bonchev–Trinajstić information content (AvgIpc) is 2.41. The van der Waals surface area contributed by atoms with E-state index < -0.39 is 0 Å². The minimum absolute atomic E-state index is 0.764. The van der Waals surface area contributed by atoms with Gasteiger partial charge in [-0.15, -0.1) is 11.8 Å². The fraction of sp³-hybridized carbons (Fsp3) is 0.438. The molecule has 100 valence electrons. The molecule has 1 fully saturated rings. The Labute approximate surface area is 118 Å². The number of hydrogen-bond acceptors (Lipinski definition) is 3. The fourth-order valence-electron chi connectivity index (χ4n) is 2.80. The smallest absolute Gasteiger partial charge is 0.0717 e. The van der Waals surface area contributed by atoms with Crippen LogP contribution in [0.25, 0.3) is 10.9 Å². The number of fused-ring (bicyclic) bond motifs is 1. The normalized spacial score (nSPS) is 16.9. The highest BCUT2D eigenvalue weighted by Crippen LogP contribution is 2.37. The van der Waals surface area contributed by atoms with Gasteiger partial charge in [-0.2, -0.15) is 0 Å². The zero-order chi connectivity index (χ0) is 13.2. The van der Waals surface area contributed by atoms with E-state index in [1.807, 2.05) is 23.9 Å². The first kappa shape index (κ1) is 12.8. The van der Waals surface area contributed by atoms with Gasteiger partial charge in [-0.05, 0) is 44.0 Å². The Morgan fingerprint density at radius 2 is 1.95 bits per heavy atom. The van der Waals surface area contributed by atoms with E-state index >= 15 is 0 Å². The Hall–Kier alpha value is -1.22. The zero-order valence-electron chi connectivity index (χ0n) is 11.4. The van der Waals surface area contributed by atoms with Crippen molar-refractivity contribution in [2.24, 2.45) is 0 Å². The van der Waals surface area contributed by atoms with Crippen LogP contribution in [0.3, 0.4) is 0 Å². The second-order valence-corrected chi connectivity index (χ2v) is 6.76. The Balaban J connectivity index is 1.98. The summed E-state index contributed by atoms with van der Waals surface area (Å²) in [7, 11) is 0. The molecule has 1 aromatic heterocycles. The molecule has 1 saturated carbocycles. The van der Waals surface area contributed by atoms with E-state index in [-0.39, 0.29) is 0 Å². The molecule has 1 aliphatic carbocycles. The number of anilines is 1. The molecular formula is C16H20N2S. The van der Waals surface area contributed by atoms with Crippen molar-refractivity contribution in [1.29, 1.82) is 0 Å². The number of aryl methyl sites for hydroxylation is 1. The predicted octanol–water partition coefficient (Wildman–Crippen LogP) is 4.55. The van der Waals surface area contributed by atoms with Crippen molar-refractivity contribution in [3.63, 3.8) is 0 Å². The van der Waals surface area contributed by atoms with Crippen molar-refractivity contribution >= 4 is 28.4 Å².